The van der Waals surface area contributed by atoms with Gasteiger partial charge < -0.3 is 15.0 Å². The van der Waals surface area contributed by atoms with Gasteiger partial charge in [0.15, 0.2) is 0 Å². The van der Waals surface area contributed by atoms with Gasteiger partial charge in [-0.25, -0.2) is 0 Å². The molecule has 0 bridgehead atoms. The van der Waals surface area contributed by atoms with Crippen molar-refractivity contribution in [1.82, 2.24) is 10.2 Å². The van der Waals surface area contributed by atoms with Crippen LogP contribution in [-0.2, 0) is 4.79 Å². The van der Waals surface area contributed by atoms with Crippen LogP contribution in [0.3, 0.4) is 0 Å². The number of nitrogens with one attached hydrogen (secondary N) is 1. The Morgan fingerprint density at radius 3 is 2.46 bits per heavy atom. The van der Waals surface area contributed by atoms with Crippen LogP contribution in [0, 0.1) is 0 Å². The van der Waals surface area contributed by atoms with Gasteiger partial charge >= 0.3 is 0 Å². The smallest absolute Gasteiger partial charge is 0.251 e. The number of hydrogen-bond donors (Lipinski definition) is 1. The SMILES string of the molecule is COc1ccc(C(=O)NCC(=O)N2CCCCC2)cc1-c1ccccc1. The molecule has 5 heteroatoms. The number of amides is 2. The molecule has 0 spiro atoms. The molecule has 26 heavy (non-hydrogen) atoms. The van der Waals surface area contributed by atoms with Crippen molar-refractivity contribution in [1.29, 1.82) is 0 Å². The minimum absolute atomic E-state index is 0.0187. The molecule has 1 aliphatic heterocycles. The van der Waals surface area contributed by atoms with E-state index >= 15 is 0 Å². The minimum atomic E-state index is -0.254. The molecule has 136 valence electrons. The summed E-state index contributed by atoms with van der Waals surface area (Å²) in [6.07, 6.45) is 3.25. The molecule has 1 aliphatic rings. The lowest BCUT2D eigenvalue weighted by atomic mass is 10.0. The van der Waals surface area contributed by atoms with E-state index in [1.165, 1.54) is 6.42 Å². The highest BCUT2D eigenvalue weighted by Gasteiger charge is 2.18. The number of nitrogens with zero attached hydrogens (tertiary/aromatic N) is 1. The fraction of sp³-hybridized carbons (Fsp3) is 0.333. The Morgan fingerprint density at radius 1 is 1.04 bits per heavy atom. The highest BCUT2D eigenvalue weighted by molar-refractivity contribution is 5.98. The molecular formula is C21H24N2O3. The zero-order valence-electron chi connectivity index (χ0n) is 15.0. The van der Waals surface area contributed by atoms with Gasteiger partial charge in [-0.15, -0.1) is 0 Å². The van der Waals surface area contributed by atoms with Gasteiger partial charge in [0.05, 0.1) is 13.7 Å². The number of piperidine rings is 1. The van der Waals surface area contributed by atoms with Crippen molar-refractivity contribution in [2.75, 3.05) is 26.7 Å². The molecule has 5 nitrogen and oxygen atoms in total. The monoisotopic (exact) mass is 352 g/mol. The predicted octanol–water partition coefficient (Wildman–Crippen LogP) is 3.10. The number of carbonyl (C=O) groups is 2. The lowest BCUT2D eigenvalue weighted by Crippen LogP contribution is -2.42. The van der Waals surface area contributed by atoms with Crippen molar-refractivity contribution in [3.63, 3.8) is 0 Å². The number of methoxy groups -OCH3 is 1. The fourth-order valence-corrected chi connectivity index (χ4v) is 3.21. The number of carbonyl (C=O) groups excluding carboxylic acids is 2. The van der Waals surface area contributed by atoms with Gasteiger partial charge in [0.2, 0.25) is 5.91 Å². The van der Waals surface area contributed by atoms with Crippen LogP contribution in [0.25, 0.3) is 11.1 Å². The Bertz CT molecular complexity index is 768. The highest BCUT2D eigenvalue weighted by Crippen LogP contribution is 2.30. The molecule has 2 amide bonds. The Balaban J connectivity index is 1.70. The van der Waals surface area contributed by atoms with Crippen molar-refractivity contribution in [3.8, 4) is 16.9 Å². The first-order chi connectivity index (χ1) is 12.7. The lowest BCUT2D eigenvalue weighted by molar-refractivity contribution is -0.130. The summed E-state index contributed by atoms with van der Waals surface area (Å²) in [5, 5.41) is 2.74. The van der Waals surface area contributed by atoms with Gasteiger partial charge in [-0.1, -0.05) is 30.3 Å². The van der Waals surface area contributed by atoms with Crippen molar-refractivity contribution in [3.05, 3.63) is 54.1 Å². The molecule has 1 heterocycles. The Hall–Kier alpha value is -2.82. The molecule has 1 saturated heterocycles. The molecule has 0 aliphatic carbocycles. The van der Waals surface area contributed by atoms with E-state index in [1.54, 1.807) is 25.3 Å². The Labute approximate surface area is 154 Å². The van der Waals surface area contributed by atoms with Crippen molar-refractivity contribution in [2.45, 2.75) is 19.3 Å². The second-order valence-electron chi connectivity index (χ2n) is 6.41. The second-order valence-corrected chi connectivity index (χ2v) is 6.41. The van der Waals surface area contributed by atoms with E-state index in [0.717, 1.165) is 37.1 Å². The molecule has 3 rings (SSSR count). The summed E-state index contributed by atoms with van der Waals surface area (Å²) in [7, 11) is 1.61. The third kappa shape index (κ3) is 4.23. The van der Waals surface area contributed by atoms with Gasteiger partial charge in [0.1, 0.15) is 5.75 Å². The highest BCUT2D eigenvalue weighted by atomic mass is 16.5. The lowest BCUT2D eigenvalue weighted by Gasteiger charge is -2.26. The third-order valence-electron chi connectivity index (χ3n) is 4.66. The number of likely N-dealkylation sites (tertiary alicyclic amines) is 1. The summed E-state index contributed by atoms with van der Waals surface area (Å²) in [6, 6.07) is 15.1. The Kier molecular flexibility index (Phi) is 5.89. The minimum Gasteiger partial charge on any atom is -0.496 e. The van der Waals surface area contributed by atoms with E-state index in [4.69, 9.17) is 4.74 Å². The molecule has 2 aromatic carbocycles. The van der Waals surface area contributed by atoms with Gasteiger partial charge in [-0.05, 0) is 43.0 Å². The zero-order chi connectivity index (χ0) is 18.4. The van der Waals surface area contributed by atoms with Crippen LogP contribution in [0.4, 0.5) is 0 Å². The average molecular weight is 352 g/mol. The summed E-state index contributed by atoms with van der Waals surface area (Å²) in [4.78, 5) is 26.5. The molecular weight excluding hydrogens is 328 g/mol. The summed E-state index contributed by atoms with van der Waals surface area (Å²) in [6.45, 7) is 1.61. The van der Waals surface area contributed by atoms with E-state index < -0.39 is 0 Å². The van der Waals surface area contributed by atoms with Crippen molar-refractivity contribution >= 4 is 11.8 Å². The van der Waals surface area contributed by atoms with Crippen LogP contribution in [0.5, 0.6) is 5.75 Å². The van der Waals surface area contributed by atoms with Crippen LogP contribution in [0.2, 0.25) is 0 Å². The fourth-order valence-electron chi connectivity index (χ4n) is 3.21. The first-order valence-electron chi connectivity index (χ1n) is 8.98. The summed E-state index contributed by atoms with van der Waals surface area (Å²) < 4.78 is 5.42. The average Bonchev–Trinajstić information content (AvgIpc) is 2.72. The third-order valence-corrected chi connectivity index (χ3v) is 4.66. The van der Waals surface area contributed by atoms with Crippen LogP contribution in [0.15, 0.2) is 48.5 Å². The normalized spacial score (nSPS) is 14.0. The zero-order valence-corrected chi connectivity index (χ0v) is 15.0. The summed E-state index contributed by atoms with van der Waals surface area (Å²) in [5.74, 6) is 0.433. The quantitative estimate of drug-likeness (QED) is 0.899. The largest absolute Gasteiger partial charge is 0.496 e. The number of rotatable bonds is 5. The number of ether oxygens (including phenoxy) is 1. The second kappa shape index (κ2) is 8.52. The summed E-state index contributed by atoms with van der Waals surface area (Å²) >= 11 is 0. The van der Waals surface area contributed by atoms with Gasteiger partial charge in [0, 0.05) is 24.2 Å². The standard InChI is InChI=1S/C21H24N2O3/c1-26-19-11-10-17(14-18(19)16-8-4-2-5-9-16)21(25)22-15-20(24)23-12-6-3-7-13-23/h2,4-5,8-11,14H,3,6-7,12-13,15H2,1H3,(H,22,25). The molecule has 2 aromatic rings. The summed E-state index contributed by atoms with van der Waals surface area (Å²) in [5.41, 5.74) is 2.34. The van der Waals surface area contributed by atoms with Crippen molar-refractivity contribution in [2.24, 2.45) is 0 Å². The van der Waals surface area contributed by atoms with E-state index in [-0.39, 0.29) is 18.4 Å². The van der Waals surface area contributed by atoms with E-state index in [1.807, 2.05) is 35.2 Å². The molecule has 0 aromatic heterocycles. The topological polar surface area (TPSA) is 58.6 Å². The van der Waals surface area contributed by atoms with E-state index in [2.05, 4.69) is 5.32 Å². The number of hydrogen-bond acceptors (Lipinski definition) is 3. The maximum atomic E-state index is 12.5. The molecule has 0 saturated carbocycles. The predicted molar refractivity (Wildman–Crippen MR) is 101 cm³/mol. The van der Waals surface area contributed by atoms with Crippen LogP contribution in [-0.4, -0.2) is 43.5 Å². The molecule has 0 unspecified atom stereocenters. The first-order valence-corrected chi connectivity index (χ1v) is 8.98. The number of benzene rings is 2. The first kappa shape index (κ1) is 18.0. The maximum absolute atomic E-state index is 12.5. The van der Waals surface area contributed by atoms with Gasteiger partial charge in [-0.3, -0.25) is 9.59 Å². The van der Waals surface area contributed by atoms with Crippen LogP contribution >= 0.6 is 0 Å². The van der Waals surface area contributed by atoms with E-state index in [9.17, 15) is 9.59 Å². The van der Waals surface area contributed by atoms with Gasteiger partial charge in [-0.2, -0.15) is 0 Å². The van der Waals surface area contributed by atoms with E-state index in [0.29, 0.717) is 11.3 Å². The van der Waals surface area contributed by atoms with Crippen LogP contribution in [0.1, 0.15) is 29.6 Å². The van der Waals surface area contributed by atoms with Gasteiger partial charge in [0.25, 0.3) is 5.91 Å². The maximum Gasteiger partial charge on any atom is 0.251 e. The van der Waals surface area contributed by atoms with Crippen molar-refractivity contribution < 1.29 is 14.3 Å². The molecule has 1 fully saturated rings. The Morgan fingerprint density at radius 2 is 1.77 bits per heavy atom. The molecule has 1 N–H and O–H groups in total. The molecule has 0 radical (unpaired) electrons. The van der Waals surface area contributed by atoms with Crippen LogP contribution < -0.4 is 10.1 Å². The molecule has 0 atom stereocenters.